The smallest absolute Gasteiger partial charge is 0.335 e. The molecule has 6 nitrogen and oxygen atoms in total. The highest BCUT2D eigenvalue weighted by Crippen LogP contribution is 2.26. The van der Waals surface area contributed by atoms with Crippen molar-refractivity contribution in [1.29, 1.82) is 0 Å². The molecular formula is C18H15FN2O4. The van der Waals surface area contributed by atoms with Gasteiger partial charge in [-0.15, -0.1) is 0 Å². The minimum absolute atomic E-state index is 0.0626. The second-order valence-electron chi connectivity index (χ2n) is 5.78. The van der Waals surface area contributed by atoms with E-state index in [1.54, 1.807) is 13.0 Å². The second-order valence-corrected chi connectivity index (χ2v) is 5.78. The first-order valence-electron chi connectivity index (χ1n) is 7.59. The number of nitrogens with one attached hydrogen (secondary N) is 1. The second kappa shape index (κ2) is 6.35. The largest absolute Gasteiger partial charge is 0.478 e. The maximum absolute atomic E-state index is 13.0. The molecular weight excluding hydrogens is 327 g/mol. The summed E-state index contributed by atoms with van der Waals surface area (Å²) in [7, 11) is 0. The highest BCUT2D eigenvalue weighted by atomic mass is 19.1. The molecule has 128 valence electrons. The number of carbonyl (C=O) groups is 3. The number of rotatable bonds is 4. The van der Waals surface area contributed by atoms with Gasteiger partial charge in [-0.3, -0.25) is 9.59 Å². The summed E-state index contributed by atoms with van der Waals surface area (Å²) in [6, 6.07) is 8.80. The Morgan fingerprint density at radius 3 is 2.52 bits per heavy atom. The summed E-state index contributed by atoms with van der Waals surface area (Å²) in [5.41, 5.74) is 1.62. The number of hydrogen-bond acceptors (Lipinski definition) is 4. The molecule has 1 saturated heterocycles. The Morgan fingerprint density at radius 1 is 1.20 bits per heavy atom. The van der Waals surface area contributed by atoms with Gasteiger partial charge >= 0.3 is 5.97 Å². The number of carboxylic acids is 1. The average Bonchev–Trinajstić information content (AvgIpc) is 2.84. The molecule has 2 aromatic rings. The van der Waals surface area contributed by atoms with Crippen LogP contribution in [0.2, 0.25) is 0 Å². The van der Waals surface area contributed by atoms with E-state index in [9.17, 15) is 18.8 Å². The van der Waals surface area contributed by atoms with Crippen LogP contribution >= 0.6 is 0 Å². The Balaban J connectivity index is 1.84. The summed E-state index contributed by atoms with van der Waals surface area (Å²) >= 11 is 0. The number of benzene rings is 2. The van der Waals surface area contributed by atoms with Crippen molar-refractivity contribution in [2.24, 2.45) is 0 Å². The first-order valence-corrected chi connectivity index (χ1v) is 7.59. The van der Waals surface area contributed by atoms with Crippen molar-refractivity contribution < 1.29 is 23.9 Å². The van der Waals surface area contributed by atoms with Crippen LogP contribution in [0.1, 0.15) is 22.3 Å². The average molecular weight is 342 g/mol. The number of amides is 2. The molecule has 7 heteroatoms. The zero-order valence-corrected chi connectivity index (χ0v) is 13.3. The molecule has 0 spiro atoms. The summed E-state index contributed by atoms with van der Waals surface area (Å²) in [6.07, 6.45) is -0.0626. The van der Waals surface area contributed by atoms with Crippen LogP contribution in [0.5, 0.6) is 0 Å². The van der Waals surface area contributed by atoms with E-state index in [1.165, 1.54) is 36.4 Å². The van der Waals surface area contributed by atoms with Crippen molar-refractivity contribution >= 4 is 29.2 Å². The molecule has 0 saturated carbocycles. The fraction of sp³-hybridized carbons (Fsp3) is 0.167. The van der Waals surface area contributed by atoms with Gasteiger partial charge in [0, 0.05) is 5.69 Å². The van der Waals surface area contributed by atoms with Gasteiger partial charge in [-0.05, 0) is 48.9 Å². The van der Waals surface area contributed by atoms with Crippen LogP contribution in [0, 0.1) is 12.7 Å². The first kappa shape index (κ1) is 16.6. The van der Waals surface area contributed by atoms with Crippen molar-refractivity contribution in [3.05, 3.63) is 59.4 Å². The van der Waals surface area contributed by atoms with E-state index in [-0.39, 0.29) is 12.0 Å². The van der Waals surface area contributed by atoms with Gasteiger partial charge in [-0.1, -0.05) is 6.07 Å². The molecule has 1 heterocycles. The van der Waals surface area contributed by atoms with Gasteiger partial charge < -0.3 is 10.4 Å². The molecule has 0 bridgehead atoms. The Morgan fingerprint density at radius 2 is 1.88 bits per heavy atom. The fourth-order valence-electron chi connectivity index (χ4n) is 2.70. The molecule has 1 aliphatic rings. The lowest BCUT2D eigenvalue weighted by molar-refractivity contribution is -0.121. The third kappa shape index (κ3) is 3.21. The van der Waals surface area contributed by atoms with E-state index >= 15 is 0 Å². The standard InChI is InChI=1S/C18H15FN2O4/c1-10-2-3-11(18(24)25)8-14(10)20-15-9-16(22)21(17(15)23)13-6-4-12(19)5-7-13/h2-8,15,20H,9H2,1H3,(H,24,25). The van der Waals surface area contributed by atoms with Crippen molar-refractivity contribution in [2.45, 2.75) is 19.4 Å². The number of anilines is 2. The van der Waals surface area contributed by atoms with Gasteiger partial charge in [0.05, 0.1) is 17.7 Å². The quantitative estimate of drug-likeness (QED) is 0.834. The van der Waals surface area contributed by atoms with Crippen molar-refractivity contribution in [1.82, 2.24) is 0 Å². The number of halogens is 1. The van der Waals surface area contributed by atoms with Gasteiger partial charge in [-0.2, -0.15) is 0 Å². The van der Waals surface area contributed by atoms with E-state index < -0.39 is 29.6 Å². The zero-order valence-electron chi connectivity index (χ0n) is 13.3. The Bertz CT molecular complexity index is 864. The van der Waals surface area contributed by atoms with Crippen molar-refractivity contribution in [3.63, 3.8) is 0 Å². The first-order chi connectivity index (χ1) is 11.9. The van der Waals surface area contributed by atoms with Gasteiger partial charge in [0.15, 0.2) is 0 Å². The van der Waals surface area contributed by atoms with Crippen molar-refractivity contribution in [3.8, 4) is 0 Å². The van der Waals surface area contributed by atoms with E-state index in [0.717, 1.165) is 10.5 Å². The molecule has 2 N–H and O–H groups in total. The van der Waals surface area contributed by atoms with Gasteiger partial charge in [0.1, 0.15) is 11.9 Å². The third-order valence-electron chi connectivity index (χ3n) is 4.05. The van der Waals surface area contributed by atoms with Crippen LogP contribution in [0.4, 0.5) is 15.8 Å². The van der Waals surface area contributed by atoms with E-state index in [1.807, 2.05) is 0 Å². The zero-order chi connectivity index (χ0) is 18.1. The monoisotopic (exact) mass is 342 g/mol. The molecule has 3 rings (SSSR count). The summed E-state index contributed by atoms with van der Waals surface area (Å²) in [5, 5.41) is 12.0. The van der Waals surface area contributed by atoms with Gasteiger partial charge in [-0.25, -0.2) is 14.1 Å². The molecule has 1 unspecified atom stereocenters. The van der Waals surface area contributed by atoms with Crippen LogP contribution in [0.25, 0.3) is 0 Å². The molecule has 2 amide bonds. The maximum Gasteiger partial charge on any atom is 0.335 e. The number of carboxylic acid groups (broad SMARTS) is 1. The lowest BCUT2D eigenvalue weighted by atomic mass is 10.1. The Kier molecular flexibility index (Phi) is 4.22. The summed E-state index contributed by atoms with van der Waals surface area (Å²) in [5.74, 6) is -2.40. The maximum atomic E-state index is 13.0. The molecule has 0 radical (unpaired) electrons. The Hall–Kier alpha value is -3.22. The molecule has 1 atom stereocenters. The molecule has 1 aliphatic heterocycles. The number of aryl methyl sites for hydroxylation is 1. The van der Waals surface area contributed by atoms with Gasteiger partial charge in [0.25, 0.3) is 5.91 Å². The number of aromatic carboxylic acids is 1. The third-order valence-corrected chi connectivity index (χ3v) is 4.05. The minimum atomic E-state index is -1.08. The predicted octanol–water partition coefficient (Wildman–Crippen LogP) is 2.58. The van der Waals surface area contributed by atoms with Crippen LogP contribution in [-0.4, -0.2) is 28.9 Å². The predicted molar refractivity (Wildman–Crippen MR) is 89.1 cm³/mol. The summed E-state index contributed by atoms with van der Waals surface area (Å²) in [6.45, 7) is 1.77. The molecule has 2 aromatic carbocycles. The van der Waals surface area contributed by atoms with Crippen molar-refractivity contribution in [2.75, 3.05) is 10.2 Å². The lowest BCUT2D eigenvalue weighted by Gasteiger charge is -2.17. The summed E-state index contributed by atoms with van der Waals surface area (Å²) in [4.78, 5) is 36.9. The van der Waals surface area contributed by atoms with Crippen LogP contribution in [0.15, 0.2) is 42.5 Å². The number of nitrogens with zero attached hydrogens (tertiary/aromatic N) is 1. The highest BCUT2D eigenvalue weighted by Gasteiger charge is 2.39. The van der Waals surface area contributed by atoms with E-state index in [4.69, 9.17) is 5.11 Å². The topological polar surface area (TPSA) is 86.7 Å². The summed E-state index contributed by atoms with van der Waals surface area (Å²) < 4.78 is 13.0. The minimum Gasteiger partial charge on any atom is -0.478 e. The van der Waals surface area contributed by atoms with Gasteiger partial charge in [0.2, 0.25) is 5.91 Å². The van der Waals surface area contributed by atoms with Crippen LogP contribution < -0.4 is 10.2 Å². The van der Waals surface area contributed by atoms with Crippen LogP contribution in [-0.2, 0) is 9.59 Å². The molecule has 25 heavy (non-hydrogen) atoms. The highest BCUT2D eigenvalue weighted by molar-refractivity contribution is 6.23. The number of imide groups is 1. The number of hydrogen-bond donors (Lipinski definition) is 2. The molecule has 0 aromatic heterocycles. The molecule has 0 aliphatic carbocycles. The van der Waals surface area contributed by atoms with E-state index in [2.05, 4.69) is 5.32 Å². The fourth-order valence-corrected chi connectivity index (χ4v) is 2.70. The lowest BCUT2D eigenvalue weighted by Crippen LogP contribution is -2.35. The Labute approximate surface area is 142 Å². The SMILES string of the molecule is Cc1ccc(C(=O)O)cc1NC1CC(=O)N(c2ccc(F)cc2)C1=O. The van der Waals surface area contributed by atoms with Crippen LogP contribution in [0.3, 0.4) is 0 Å². The number of carbonyl (C=O) groups excluding carboxylic acids is 2. The normalized spacial score (nSPS) is 17.0. The van der Waals surface area contributed by atoms with E-state index in [0.29, 0.717) is 11.4 Å². The molecule has 1 fully saturated rings.